The van der Waals surface area contributed by atoms with Gasteiger partial charge in [-0.1, -0.05) is 92.4 Å². The lowest BCUT2D eigenvalue weighted by Gasteiger charge is -2.16. The Kier molecular flexibility index (Phi) is 16.0. The zero-order valence-electron chi connectivity index (χ0n) is 29.1. The zero-order valence-corrected chi connectivity index (χ0v) is 31.5. The number of aliphatic hydroxyl groups excluding tert-OH is 1. The molecule has 0 spiro atoms. The van der Waals surface area contributed by atoms with E-state index < -0.39 is 30.7 Å². The molecule has 2 fully saturated rings. The van der Waals surface area contributed by atoms with Gasteiger partial charge in [-0.3, -0.25) is 4.18 Å². The first kappa shape index (κ1) is 43.2. The molecule has 0 unspecified atom stereocenters. The topological polar surface area (TPSA) is 135 Å². The van der Waals surface area contributed by atoms with E-state index in [1.165, 1.54) is 12.1 Å². The zero-order chi connectivity index (χ0) is 37.1. The molecule has 2 aliphatic rings. The van der Waals surface area contributed by atoms with Gasteiger partial charge in [0.05, 0.1) is 41.8 Å². The summed E-state index contributed by atoms with van der Waals surface area (Å²) in [6.45, 7) is 8.71. The molecule has 13 heteroatoms. The minimum Gasteiger partial charge on any atom is -0.396 e. The van der Waals surface area contributed by atoms with Crippen LogP contribution in [0.1, 0.15) is 48.0 Å². The van der Waals surface area contributed by atoms with Crippen LogP contribution in [0.25, 0.3) is 22.3 Å². The van der Waals surface area contributed by atoms with Gasteiger partial charge in [-0.25, -0.2) is 8.42 Å². The summed E-state index contributed by atoms with van der Waals surface area (Å²) in [5.41, 5.74) is 4.00. The lowest BCUT2D eigenvalue weighted by Crippen LogP contribution is -2.22. The van der Waals surface area contributed by atoms with Crippen molar-refractivity contribution in [3.63, 3.8) is 0 Å². The molecule has 4 aromatic rings. The van der Waals surface area contributed by atoms with Crippen molar-refractivity contribution in [2.75, 3.05) is 26.4 Å². The van der Waals surface area contributed by atoms with Crippen molar-refractivity contribution >= 4 is 29.9 Å². The number of rotatable bonds is 10. The van der Waals surface area contributed by atoms with E-state index in [1.807, 2.05) is 88.4 Å². The van der Waals surface area contributed by atoms with Crippen LogP contribution in [-0.2, 0) is 42.3 Å². The fourth-order valence-electron chi connectivity index (χ4n) is 5.20. The minimum absolute atomic E-state index is 0. The van der Waals surface area contributed by atoms with Crippen molar-refractivity contribution in [1.82, 2.24) is 0 Å². The third kappa shape index (κ3) is 13.7. The average Bonchev–Trinajstić information content (AvgIpc) is 3.64. The van der Waals surface area contributed by atoms with E-state index in [9.17, 15) is 16.8 Å². The maximum absolute atomic E-state index is 12.3. The van der Waals surface area contributed by atoms with Gasteiger partial charge in [0.1, 0.15) is 0 Å². The molecule has 6 rings (SSSR count). The molecule has 0 aliphatic carbocycles. The Bertz CT molecular complexity index is 1870. The highest BCUT2D eigenvalue weighted by molar-refractivity contribution is 8.13. The van der Waals surface area contributed by atoms with Crippen LogP contribution in [-0.4, -0.2) is 72.2 Å². The molecule has 0 radical (unpaired) electrons. The normalized spacial score (nSPS) is 19.0. The highest BCUT2D eigenvalue weighted by Crippen LogP contribution is 2.26. The summed E-state index contributed by atoms with van der Waals surface area (Å²) in [5.74, 6) is -1.06. The molecule has 52 heavy (non-hydrogen) atoms. The number of benzene rings is 4. The lowest BCUT2D eigenvalue weighted by molar-refractivity contribution is -0.140. The Morgan fingerprint density at radius 2 is 1.02 bits per heavy atom. The SMILES string of the molecule is C.CC1(C)OC[C@H](CCO)O1.CC1(C)OC[C@H](CCOS(=O)(=O)c2ccc(-c3ccccc3)cc2)O1.O=S(=O)(Cl)c1ccc(-c2ccccc2)cc1. The Morgan fingerprint density at radius 1 is 0.635 bits per heavy atom. The molecule has 284 valence electrons. The first-order valence-electron chi connectivity index (χ1n) is 16.5. The summed E-state index contributed by atoms with van der Waals surface area (Å²) in [5, 5.41) is 8.56. The lowest BCUT2D eigenvalue weighted by atomic mass is 10.1. The number of halogens is 1. The predicted octanol–water partition coefficient (Wildman–Crippen LogP) is 8.04. The maximum atomic E-state index is 12.3. The molecule has 1 N–H and O–H groups in total. The Morgan fingerprint density at radius 3 is 1.38 bits per heavy atom. The Labute approximate surface area is 313 Å². The van der Waals surface area contributed by atoms with Gasteiger partial charge < -0.3 is 24.1 Å². The summed E-state index contributed by atoms with van der Waals surface area (Å²) in [7, 11) is -2.18. The number of hydrogen-bond donors (Lipinski definition) is 1. The number of aliphatic hydroxyl groups is 1. The van der Waals surface area contributed by atoms with Crippen molar-refractivity contribution in [2.24, 2.45) is 0 Å². The summed E-state index contributed by atoms with van der Waals surface area (Å²) >= 11 is 0. The molecule has 0 aromatic heterocycles. The third-order valence-electron chi connectivity index (χ3n) is 7.76. The van der Waals surface area contributed by atoms with Crippen molar-refractivity contribution in [2.45, 2.75) is 81.5 Å². The molecule has 0 saturated carbocycles. The van der Waals surface area contributed by atoms with Gasteiger partial charge in [-0.15, -0.1) is 0 Å². The van der Waals surface area contributed by atoms with E-state index >= 15 is 0 Å². The van der Waals surface area contributed by atoms with E-state index in [2.05, 4.69) is 0 Å². The molecule has 0 bridgehead atoms. The second-order valence-electron chi connectivity index (χ2n) is 12.7. The maximum Gasteiger partial charge on any atom is 0.296 e. The third-order valence-corrected chi connectivity index (χ3v) is 10.5. The fraction of sp³-hybridized carbons (Fsp3) is 0.385. The van der Waals surface area contributed by atoms with Crippen LogP contribution in [0.3, 0.4) is 0 Å². The second-order valence-corrected chi connectivity index (χ2v) is 16.9. The fourth-order valence-corrected chi connectivity index (χ4v) is 6.89. The quantitative estimate of drug-likeness (QED) is 0.125. The highest BCUT2D eigenvalue weighted by Gasteiger charge is 2.33. The molecular formula is C39H49ClO10S2. The van der Waals surface area contributed by atoms with Crippen molar-refractivity contribution in [3.8, 4) is 22.3 Å². The van der Waals surface area contributed by atoms with E-state index in [4.69, 9.17) is 38.9 Å². The molecule has 10 nitrogen and oxygen atoms in total. The smallest absolute Gasteiger partial charge is 0.296 e. The van der Waals surface area contributed by atoms with Gasteiger partial charge in [0.15, 0.2) is 11.6 Å². The van der Waals surface area contributed by atoms with E-state index in [0.29, 0.717) is 26.1 Å². The summed E-state index contributed by atoms with van der Waals surface area (Å²) in [6.07, 6.45) is 1.07. The van der Waals surface area contributed by atoms with Crippen molar-refractivity contribution in [1.29, 1.82) is 0 Å². The molecule has 2 heterocycles. The minimum atomic E-state index is -3.78. The summed E-state index contributed by atoms with van der Waals surface area (Å²) in [4.78, 5) is 0.268. The summed E-state index contributed by atoms with van der Waals surface area (Å²) < 4.78 is 73.6. The molecule has 4 aromatic carbocycles. The van der Waals surface area contributed by atoms with Crippen molar-refractivity contribution < 1.29 is 45.1 Å². The largest absolute Gasteiger partial charge is 0.396 e. The molecule has 0 amide bonds. The van der Waals surface area contributed by atoms with Crippen LogP contribution in [0, 0.1) is 0 Å². The molecule has 2 aliphatic heterocycles. The number of hydrogen-bond acceptors (Lipinski definition) is 10. The molecule has 2 atom stereocenters. The van der Waals surface area contributed by atoms with Crippen LogP contribution in [0.2, 0.25) is 0 Å². The van der Waals surface area contributed by atoms with Gasteiger partial charge in [0, 0.05) is 23.7 Å². The molecule has 2 saturated heterocycles. The predicted molar refractivity (Wildman–Crippen MR) is 203 cm³/mol. The highest BCUT2D eigenvalue weighted by atomic mass is 35.7. The Balaban J connectivity index is 0.000000231. The molecular weight excluding hydrogens is 728 g/mol. The van der Waals surface area contributed by atoms with E-state index in [-0.39, 0.29) is 42.6 Å². The van der Waals surface area contributed by atoms with E-state index in [0.717, 1.165) is 22.3 Å². The van der Waals surface area contributed by atoms with Crippen LogP contribution in [0.5, 0.6) is 0 Å². The standard InChI is InChI=1S/C19H22O5S.C12H9ClO2S.C7H14O3.CH4/c1-19(2)22-14-17(24-19)12-13-23-25(20,21)18-10-8-16(9-11-18)15-6-4-3-5-7-15;13-16(14,15)12-8-6-11(7-9-12)10-4-2-1-3-5-10;1-7(2)9-5-6(10-7)3-4-8;/h3-11,17H,12-14H2,1-2H3;1-9H;6,8H,3-5H2,1-2H3;1H4/t17-;;6-;/m0.0./s1. The first-order chi connectivity index (χ1) is 24.1. The summed E-state index contributed by atoms with van der Waals surface area (Å²) in [6, 6.07) is 32.7. The van der Waals surface area contributed by atoms with Gasteiger partial charge in [-0.05, 0) is 80.6 Å². The van der Waals surface area contributed by atoms with Gasteiger partial charge in [0.2, 0.25) is 0 Å². The van der Waals surface area contributed by atoms with Gasteiger partial charge in [-0.2, -0.15) is 8.42 Å². The van der Waals surface area contributed by atoms with E-state index in [1.54, 1.807) is 36.4 Å². The Hall–Kier alpha value is -3.17. The van der Waals surface area contributed by atoms with Gasteiger partial charge in [0.25, 0.3) is 19.2 Å². The van der Waals surface area contributed by atoms with Gasteiger partial charge >= 0.3 is 0 Å². The first-order valence-corrected chi connectivity index (χ1v) is 20.2. The monoisotopic (exact) mass is 776 g/mol. The van der Waals surface area contributed by atoms with Crippen LogP contribution in [0.15, 0.2) is 119 Å². The van der Waals surface area contributed by atoms with Crippen LogP contribution < -0.4 is 0 Å². The van der Waals surface area contributed by atoms with Crippen LogP contribution >= 0.6 is 10.7 Å². The second kappa shape index (κ2) is 19.2. The van der Waals surface area contributed by atoms with Crippen LogP contribution in [0.4, 0.5) is 0 Å². The van der Waals surface area contributed by atoms with Crippen molar-refractivity contribution in [3.05, 3.63) is 109 Å². The number of ether oxygens (including phenoxy) is 4. The average molecular weight is 777 g/mol.